The van der Waals surface area contributed by atoms with Gasteiger partial charge in [-0.05, 0) is 252 Å². The van der Waals surface area contributed by atoms with Crippen molar-refractivity contribution < 1.29 is 44.6 Å². The Morgan fingerprint density at radius 3 is 2.37 bits per heavy atom. The molecule has 0 aromatic heterocycles. The molecular formula is C76H93NO9. The van der Waals surface area contributed by atoms with Crippen LogP contribution in [0.5, 0.6) is 0 Å². The van der Waals surface area contributed by atoms with Gasteiger partial charge in [0.25, 0.3) is 0 Å². The molecule has 10 saturated carbocycles. The first-order valence-electron chi connectivity index (χ1n) is 34.5. The minimum absolute atomic E-state index is 0.0130. The summed E-state index contributed by atoms with van der Waals surface area (Å²) in [5.41, 5.74) is -1.99. The summed E-state index contributed by atoms with van der Waals surface area (Å²) in [5, 5.41) is 73.3. The van der Waals surface area contributed by atoms with E-state index in [0.717, 1.165) is 86.5 Å². The molecule has 3 aromatic carbocycles. The summed E-state index contributed by atoms with van der Waals surface area (Å²) in [5.74, 6) is 7.58. The number of aliphatic hydroxyl groups excluding tert-OH is 2. The zero-order valence-electron chi connectivity index (χ0n) is 50.9. The van der Waals surface area contributed by atoms with E-state index in [1.807, 2.05) is 25.2 Å². The van der Waals surface area contributed by atoms with E-state index in [0.29, 0.717) is 81.0 Å². The summed E-state index contributed by atoms with van der Waals surface area (Å²) in [6, 6.07) is 26.4. The number of carbonyl (C=O) groups excluding carboxylic acids is 2. The van der Waals surface area contributed by atoms with Crippen LogP contribution in [0.3, 0.4) is 0 Å². The molecule has 86 heavy (non-hydrogen) atoms. The number of benzene rings is 3. The number of aldehydes is 1. The number of aliphatic hydroxyl groups is 5. The number of fused-ring (bicyclic) bond motifs is 14. The van der Waals surface area contributed by atoms with Gasteiger partial charge in [0.2, 0.25) is 0 Å². The van der Waals surface area contributed by atoms with E-state index in [-0.39, 0.29) is 85.2 Å². The standard InChI is InChI=1S/C76H93NO9/c1-44-50-18-17-47(30-50)29-45-10-8-11-46(28-45)31-64-57-22-26-69-25-21-52(48-12-4-3-5-13-48)33-54(69)35-61(57)72(69)41-70(42-79)65-23-27-71-24-7-6-14-49-15-9-16-53(40-78)58(49)36-63(77-2)59-34-55(73(71,43-80)62-37-66(81)86-67(59)62)39-75(71,83)74(65,82)38-56-32-51(44)19-20-60(68(72)85-64)76(56,70)84/h3-5,8-13,15-16,28,37,42,44,47,50-52,54-57,59-61,63-65,67-68,77-78,80,82-84H,7,17-27,29-36,38-41,43H2,1-2H3/t44-,47+,50+,51+,52-,54-,55+,56+,57-,59-,60+,61+,63-,64+,65-,67+,68-,69+,70+,71-,72+,73-,74+,75-,76+/m1/s1. The van der Waals surface area contributed by atoms with Crippen LogP contribution in [0.2, 0.25) is 0 Å². The van der Waals surface area contributed by atoms with Crippen molar-refractivity contribution in [3.63, 3.8) is 0 Å². The summed E-state index contributed by atoms with van der Waals surface area (Å²) in [6.07, 6.45) is 19.6. The van der Waals surface area contributed by atoms with Crippen LogP contribution in [0.1, 0.15) is 175 Å². The Morgan fingerprint density at radius 2 is 1.56 bits per heavy atom. The quantitative estimate of drug-likeness (QED) is 0.0823. The van der Waals surface area contributed by atoms with Crippen molar-refractivity contribution in [1.82, 2.24) is 5.32 Å². The molecule has 0 radical (unpaired) electrons. The maximum Gasteiger partial charge on any atom is 0.331 e. The second-order valence-corrected chi connectivity index (χ2v) is 32.0. The van der Waals surface area contributed by atoms with E-state index in [2.05, 4.69) is 78.7 Å². The molecule has 15 aliphatic rings. The van der Waals surface area contributed by atoms with Gasteiger partial charge in [0.15, 0.2) is 0 Å². The van der Waals surface area contributed by atoms with Gasteiger partial charge in [-0.2, -0.15) is 0 Å². The van der Waals surface area contributed by atoms with E-state index in [4.69, 9.17) is 9.47 Å². The molecule has 0 amide bonds. The van der Waals surface area contributed by atoms with Gasteiger partial charge in [0, 0.05) is 58.1 Å². The molecule has 11 fully saturated rings. The third-order valence-electron chi connectivity index (χ3n) is 30.4. The van der Waals surface area contributed by atoms with Gasteiger partial charge >= 0.3 is 5.97 Å². The molecule has 0 unspecified atom stereocenters. The van der Waals surface area contributed by atoms with Gasteiger partial charge in [0.1, 0.15) is 18.0 Å². The first-order valence-corrected chi connectivity index (χ1v) is 34.5. The Balaban J connectivity index is 0.868. The number of likely N-dealkylation sites (N-methyl/N-ethyl adjacent to an activating group) is 1. The Bertz CT molecular complexity index is 3350. The lowest BCUT2D eigenvalue weighted by Crippen LogP contribution is -2.84. The van der Waals surface area contributed by atoms with Gasteiger partial charge in [0.05, 0.1) is 42.0 Å². The molecule has 6 N–H and O–H groups in total. The number of nitrogens with one attached hydrogen (secondary N) is 1. The number of carbonyl (C=O) groups is 2. The first-order chi connectivity index (χ1) is 41.7. The average molecular weight is 1160 g/mol. The SMILES string of the molecule is CN[C@@H]1Cc2c(cccc2CO)C#CCC[C@]23CC[C@H]4[C@@](O)(C[C@@H]5C[C@@H]6CC[C@H]7[C@H]8O[C@@H](Cc9cccc(c9)C[C@@H]9CC[C@@H](C9)[C@H]6C)[C@@H]6CC[C@@]9%10CC[C@@H](c%11ccccc%11)C[C@@H]9C[C@@H]6[C@@]8%10C[C@@]4(C=O)[C@]57O)[C@@]2(O)C[C@@H]2C[C@H]1[C@@H]1OC(=O)C=C1[C@@]23CO. The second-order valence-electron chi connectivity index (χ2n) is 32.0. The lowest BCUT2D eigenvalue weighted by Gasteiger charge is -2.78. The molecular weight excluding hydrogens is 1070 g/mol. The van der Waals surface area contributed by atoms with Gasteiger partial charge < -0.3 is 45.1 Å². The molecule has 3 heterocycles. The van der Waals surface area contributed by atoms with Crippen LogP contribution in [0.4, 0.5) is 0 Å². The van der Waals surface area contributed by atoms with E-state index in [9.17, 15) is 15.0 Å². The molecule has 10 heteroatoms. The van der Waals surface area contributed by atoms with Crippen LogP contribution in [0, 0.1) is 110 Å². The fourth-order valence-electron chi connectivity index (χ4n) is 27.3. The Hall–Kier alpha value is -4.18. The van der Waals surface area contributed by atoms with Crippen molar-refractivity contribution in [1.29, 1.82) is 0 Å². The van der Waals surface area contributed by atoms with E-state index < -0.39 is 62.4 Å². The molecule has 3 spiro atoms. The van der Waals surface area contributed by atoms with E-state index in [1.165, 1.54) is 42.2 Å². The van der Waals surface area contributed by atoms with Crippen molar-refractivity contribution in [3.05, 3.63) is 118 Å². The molecule has 12 aliphatic carbocycles. The number of hydrogen-bond acceptors (Lipinski definition) is 10. The minimum Gasteiger partial charge on any atom is -0.454 e. The van der Waals surface area contributed by atoms with Crippen LogP contribution in [0.15, 0.2) is 84.4 Å². The fourth-order valence-corrected chi connectivity index (χ4v) is 27.3. The van der Waals surface area contributed by atoms with Gasteiger partial charge in [-0.15, -0.1) is 0 Å². The van der Waals surface area contributed by atoms with Crippen molar-refractivity contribution >= 4 is 12.3 Å². The highest BCUT2D eigenvalue weighted by Gasteiger charge is 2.89. The summed E-state index contributed by atoms with van der Waals surface area (Å²) in [4.78, 5) is 30.3. The van der Waals surface area contributed by atoms with E-state index in [1.54, 1.807) is 6.08 Å². The molecule has 3 aliphatic heterocycles. The van der Waals surface area contributed by atoms with Gasteiger partial charge in [-0.3, -0.25) is 0 Å². The van der Waals surface area contributed by atoms with E-state index >= 15 is 20.1 Å². The van der Waals surface area contributed by atoms with Gasteiger partial charge in [-0.25, -0.2) is 4.79 Å². The Labute approximate surface area is 509 Å². The molecule has 25 atom stereocenters. The maximum atomic E-state index is 16.1. The summed E-state index contributed by atoms with van der Waals surface area (Å²) in [7, 11) is 1.94. The van der Waals surface area contributed by atoms with Crippen LogP contribution < -0.4 is 5.32 Å². The molecule has 456 valence electrons. The number of ether oxygens (including phenoxy) is 2. The predicted octanol–water partition coefficient (Wildman–Crippen LogP) is 10.5. The highest BCUT2D eigenvalue weighted by molar-refractivity contribution is 5.87. The number of hydrogen-bond donors (Lipinski definition) is 6. The van der Waals surface area contributed by atoms with Crippen LogP contribution >= 0.6 is 0 Å². The number of rotatable bonds is 5. The van der Waals surface area contributed by atoms with Crippen LogP contribution in [-0.2, 0) is 44.9 Å². The Morgan fingerprint density at radius 1 is 0.756 bits per heavy atom. The molecule has 16 bridgehead atoms. The van der Waals surface area contributed by atoms with Crippen LogP contribution in [0.25, 0.3) is 0 Å². The van der Waals surface area contributed by atoms with Crippen LogP contribution in [-0.4, -0.2) is 92.6 Å². The monoisotopic (exact) mass is 1160 g/mol. The summed E-state index contributed by atoms with van der Waals surface area (Å²) < 4.78 is 14.8. The molecule has 3 aromatic rings. The lowest BCUT2D eigenvalue weighted by atomic mass is 9.29. The highest BCUT2D eigenvalue weighted by atomic mass is 16.5. The van der Waals surface area contributed by atoms with Gasteiger partial charge in [-0.1, -0.05) is 85.5 Å². The van der Waals surface area contributed by atoms with Crippen molar-refractivity contribution in [2.45, 2.75) is 208 Å². The lowest BCUT2D eigenvalue weighted by molar-refractivity contribution is -0.387. The molecule has 10 nitrogen and oxygen atoms in total. The minimum atomic E-state index is -1.87. The topological polar surface area (TPSA) is 166 Å². The van der Waals surface area contributed by atoms with Crippen molar-refractivity contribution in [2.75, 3.05) is 13.7 Å². The van der Waals surface area contributed by atoms with Crippen molar-refractivity contribution in [2.24, 2.45) is 98.1 Å². The fraction of sp³-hybridized carbons (Fsp3) is 0.684. The molecule has 1 saturated heterocycles. The van der Waals surface area contributed by atoms with Crippen molar-refractivity contribution in [3.8, 4) is 11.8 Å². The highest BCUT2D eigenvalue weighted by Crippen LogP contribution is 2.87. The maximum absolute atomic E-state index is 16.1. The zero-order chi connectivity index (χ0) is 58.5. The average Bonchev–Trinajstić information content (AvgIpc) is 1.28. The zero-order valence-corrected chi connectivity index (χ0v) is 50.9. The number of esters is 1. The molecule has 18 rings (SSSR count). The summed E-state index contributed by atoms with van der Waals surface area (Å²) in [6.45, 7) is 2.03. The summed E-state index contributed by atoms with van der Waals surface area (Å²) >= 11 is 0. The largest absolute Gasteiger partial charge is 0.454 e. The normalized spacial score (nSPS) is 50.5. The smallest absolute Gasteiger partial charge is 0.331 e. The first kappa shape index (κ1) is 55.9. The predicted molar refractivity (Wildman–Crippen MR) is 326 cm³/mol. The second kappa shape index (κ2) is 19.4. The third-order valence-corrected chi connectivity index (χ3v) is 30.4. The Kier molecular flexibility index (Phi) is 12.6. The third kappa shape index (κ3) is 6.86.